The molecule has 1 rings (SSSR count). The summed E-state index contributed by atoms with van der Waals surface area (Å²) in [6, 6.07) is 0. The predicted octanol–water partition coefficient (Wildman–Crippen LogP) is 0.683. The Balaban J connectivity index is 2.45. The second-order valence-corrected chi connectivity index (χ2v) is 6.78. The van der Waals surface area contributed by atoms with E-state index in [0.717, 1.165) is 12.8 Å². The number of hydrogen-bond donors (Lipinski definition) is 1. The number of carbonyl (C=O) groups excluding carboxylic acids is 1. The van der Waals surface area contributed by atoms with Crippen LogP contribution >= 0.6 is 0 Å². The molecule has 0 aromatic carbocycles. The number of rotatable bonds is 4. The molecule has 82 valence electrons. The normalized spacial score (nSPS) is 18.2. The molecule has 0 amide bonds. The number of carbonyl (C=O) groups is 1. The molecular formula is C9H17NO3S. The van der Waals surface area contributed by atoms with Crippen LogP contribution in [0.3, 0.4) is 0 Å². The summed E-state index contributed by atoms with van der Waals surface area (Å²) in [6.45, 7) is 5.25. The number of Topliss-reactive ketones (excluding diaryl/α,β-unsaturated/α-hetero) is 1. The third kappa shape index (κ3) is 3.06. The van der Waals surface area contributed by atoms with E-state index in [-0.39, 0.29) is 17.6 Å². The SMILES string of the molecule is CC(C)(C)C(=O)CNS(=O)(=O)C1CC1. The quantitative estimate of drug-likeness (QED) is 0.756. The molecule has 0 bridgehead atoms. The Morgan fingerprint density at radius 3 is 2.21 bits per heavy atom. The Bertz CT molecular complexity index is 322. The Morgan fingerprint density at radius 2 is 1.86 bits per heavy atom. The molecule has 1 fully saturated rings. The van der Waals surface area contributed by atoms with Crippen molar-refractivity contribution >= 4 is 15.8 Å². The van der Waals surface area contributed by atoms with Gasteiger partial charge in [-0.1, -0.05) is 20.8 Å². The average Bonchev–Trinajstić information content (AvgIpc) is 2.80. The minimum atomic E-state index is -3.21. The third-order valence-electron chi connectivity index (χ3n) is 2.23. The van der Waals surface area contributed by atoms with E-state index >= 15 is 0 Å². The van der Waals surface area contributed by atoms with Crippen LogP contribution in [0.25, 0.3) is 0 Å². The largest absolute Gasteiger partial charge is 0.298 e. The molecule has 0 unspecified atom stereocenters. The first kappa shape index (κ1) is 11.7. The van der Waals surface area contributed by atoms with Crippen LogP contribution in [-0.4, -0.2) is 26.0 Å². The summed E-state index contributed by atoms with van der Waals surface area (Å²) < 4.78 is 25.1. The lowest BCUT2D eigenvalue weighted by molar-refractivity contribution is -0.125. The van der Waals surface area contributed by atoms with Crippen LogP contribution in [0.2, 0.25) is 0 Å². The molecule has 0 saturated heterocycles. The smallest absolute Gasteiger partial charge is 0.214 e. The highest BCUT2D eigenvalue weighted by molar-refractivity contribution is 7.90. The van der Waals surface area contributed by atoms with Crippen LogP contribution in [0.1, 0.15) is 33.6 Å². The molecular weight excluding hydrogens is 202 g/mol. The Hall–Kier alpha value is -0.420. The van der Waals surface area contributed by atoms with Crippen LogP contribution in [0.5, 0.6) is 0 Å². The molecule has 1 aliphatic carbocycles. The lowest BCUT2D eigenvalue weighted by Crippen LogP contribution is -2.37. The van der Waals surface area contributed by atoms with E-state index in [2.05, 4.69) is 4.72 Å². The lowest BCUT2D eigenvalue weighted by Gasteiger charge is -2.16. The van der Waals surface area contributed by atoms with Gasteiger partial charge in [-0.2, -0.15) is 0 Å². The topological polar surface area (TPSA) is 63.2 Å². The average molecular weight is 219 g/mol. The molecule has 1 aliphatic rings. The van der Waals surface area contributed by atoms with Gasteiger partial charge in [0, 0.05) is 5.41 Å². The van der Waals surface area contributed by atoms with Gasteiger partial charge in [-0.15, -0.1) is 0 Å². The summed E-state index contributed by atoms with van der Waals surface area (Å²) in [5.41, 5.74) is -0.480. The van der Waals surface area contributed by atoms with Gasteiger partial charge in [0.25, 0.3) is 0 Å². The molecule has 4 nitrogen and oxygen atoms in total. The van der Waals surface area contributed by atoms with Crippen LogP contribution in [-0.2, 0) is 14.8 Å². The summed E-state index contributed by atoms with van der Waals surface area (Å²) in [5.74, 6) is -0.0817. The second kappa shape index (κ2) is 3.62. The first-order valence-corrected chi connectivity index (χ1v) is 6.30. The Morgan fingerprint density at radius 1 is 1.36 bits per heavy atom. The monoisotopic (exact) mass is 219 g/mol. The zero-order chi connectivity index (χ0) is 11.0. The van der Waals surface area contributed by atoms with Crippen molar-refractivity contribution in [3.63, 3.8) is 0 Å². The van der Waals surface area contributed by atoms with E-state index in [0.29, 0.717) is 0 Å². The maximum absolute atomic E-state index is 11.4. The molecule has 0 aliphatic heterocycles. The van der Waals surface area contributed by atoms with Gasteiger partial charge in [-0.25, -0.2) is 13.1 Å². The standard InChI is InChI=1S/C9H17NO3S/c1-9(2,3)8(11)6-10-14(12,13)7-4-5-7/h7,10H,4-6H2,1-3H3. The van der Waals surface area contributed by atoms with E-state index in [9.17, 15) is 13.2 Å². The van der Waals surface area contributed by atoms with Gasteiger partial charge >= 0.3 is 0 Å². The summed E-state index contributed by atoms with van der Waals surface area (Å²) >= 11 is 0. The van der Waals surface area contributed by atoms with Crippen molar-refractivity contribution in [2.75, 3.05) is 6.54 Å². The zero-order valence-electron chi connectivity index (χ0n) is 8.83. The fraction of sp³-hybridized carbons (Fsp3) is 0.889. The van der Waals surface area contributed by atoms with E-state index in [1.165, 1.54) is 0 Å². The Kier molecular flexibility index (Phi) is 3.02. The molecule has 5 heteroatoms. The van der Waals surface area contributed by atoms with Gasteiger partial charge < -0.3 is 0 Å². The van der Waals surface area contributed by atoms with Crippen molar-refractivity contribution in [3.8, 4) is 0 Å². The summed E-state index contributed by atoms with van der Waals surface area (Å²) in [6.07, 6.45) is 1.44. The van der Waals surface area contributed by atoms with E-state index in [1.807, 2.05) is 0 Å². The summed E-state index contributed by atoms with van der Waals surface area (Å²) in [7, 11) is -3.21. The second-order valence-electron chi connectivity index (χ2n) is 4.74. The van der Waals surface area contributed by atoms with Crippen molar-refractivity contribution in [2.24, 2.45) is 5.41 Å². The van der Waals surface area contributed by atoms with Crippen molar-refractivity contribution in [2.45, 2.75) is 38.9 Å². The highest BCUT2D eigenvalue weighted by Gasteiger charge is 2.36. The van der Waals surface area contributed by atoms with Crippen molar-refractivity contribution < 1.29 is 13.2 Å². The van der Waals surface area contributed by atoms with Gasteiger partial charge in [-0.3, -0.25) is 4.79 Å². The maximum Gasteiger partial charge on any atom is 0.214 e. The van der Waals surface area contributed by atoms with Gasteiger partial charge in [0.05, 0.1) is 11.8 Å². The molecule has 1 saturated carbocycles. The van der Waals surface area contributed by atoms with E-state index in [4.69, 9.17) is 0 Å². The highest BCUT2D eigenvalue weighted by Crippen LogP contribution is 2.27. The molecule has 0 aromatic rings. The van der Waals surface area contributed by atoms with Gasteiger partial charge in [0.1, 0.15) is 0 Å². The van der Waals surface area contributed by atoms with E-state index in [1.54, 1.807) is 20.8 Å². The summed E-state index contributed by atoms with van der Waals surface area (Å²) in [5, 5.41) is -0.254. The van der Waals surface area contributed by atoms with E-state index < -0.39 is 15.4 Å². The molecule has 0 spiro atoms. The molecule has 0 heterocycles. The minimum absolute atomic E-state index is 0.0810. The number of ketones is 1. The summed E-state index contributed by atoms with van der Waals surface area (Å²) in [4.78, 5) is 11.4. The minimum Gasteiger partial charge on any atom is -0.298 e. The van der Waals surface area contributed by atoms with Gasteiger partial charge in [0.2, 0.25) is 10.0 Å². The first-order valence-electron chi connectivity index (χ1n) is 4.75. The molecule has 0 aromatic heterocycles. The van der Waals surface area contributed by atoms with Crippen LogP contribution < -0.4 is 4.72 Å². The molecule has 0 atom stereocenters. The first-order chi connectivity index (χ1) is 6.23. The lowest BCUT2D eigenvalue weighted by atomic mass is 9.91. The van der Waals surface area contributed by atoms with Crippen LogP contribution in [0.15, 0.2) is 0 Å². The van der Waals surface area contributed by atoms with Crippen molar-refractivity contribution in [3.05, 3.63) is 0 Å². The van der Waals surface area contributed by atoms with Crippen LogP contribution in [0, 0.1) is 5.41 Å². The number of nitrogens with one attached hydrogen (secondary N) is 1. The zero-order valence-corrected chi connectivity index (χ0v) is 9.65. The molecule has 0 radical (unpaired) electrons. The molecule has 1 N–H and O–H groups in total. The van der Waals surface area contributed by atoms with Gasteiger partial charge in [0.15, 0.2) is 5.78 Å². The predicted molar refractivity (Wildman–Crippen MR) is 54.4 cm³/mol. The maximum atomic E-state index is 11.4. The Labute approximate surface area is 85.1 Å². The van der Waals surface area contributed by atoms with Crippen molar-refractivity contribution in [1.82, 2.24) is 4.72 Å². The number of sulfonamides is 1. The van der Waals surface area contributed by atoms with Crippen molar-refractivity contribution in [1.29, 1.82) is 0 Å². The third-order valence-corrected chi connectivity index (χ3v) is 4.13. The fourth-order valence-corrected chi connectivity index (χ4v) is 2.25. The van der Waals surface area contributed by atoms with Crippen LogP contribution in [0.4, 0.5) is 0 Å². The number of hydrogen-bond acceptors (Lipinski definition) is 3. The fourth-order valence-electron chi connectivity index (χ4n) is 0.927. The van der Waals surface area contributed by atoms with Gasteiger partial charge in [-0.05, 0) is 12.8 Å². The highest BCUT2D eigenvalue weighted by atomic mass is 32.2. The molecule has 14 heavy (non-hydrogen) atoms.